The third-order valence-corrected chi connectivity index (χ3v) is 2.77. The van der Waals surface area contributed by atoms with Crippen LogP contribution in [-0.4, -0.2) is 16.1 Å². The lowest BCUT2D eigenvalue weighted by Gasteiger charge is -2.17. The molecule has 104 valence electrons. The standard InChI is InChI=1S/C14H13FN2O3/c15-9-2-4-10(5-3-9)17-13(14(16)20)8-1-6-11(18)12(19)7-8/h1-7,13,17-19H,(H2,16,20). The van der Waals surface area contributed by atoms with Crippen LogP contribution in [0.4, 0.5) is 10.1 Å². The van der Waals surface area contributed by atoms with Gasteiger partial charge in [-0.3, -0.25) is 4.79 Å². The molecular formula is C14H13FN2O3. The van der Waals surface area contributed by atoms with E-state index in [-0.39, 0.29) is 11.5 Å². The van der Waals surface area contributed by atoms with Gasteiger partial charge in [-0.15, -0.1) is 0 Å². The van der Waals surface area contributed by atoms with Gasteiger partial charge in [0.1, 0.15) is 11.9 Å². The number of rotatable bonds is 4. The third kappa shape index (κ3) is 2.97. The molecule has 1 atom stereocenters. The maximum absolute atomic E-state index is 12.8. The highest BCUT2D eigenvalue weighted by atomic mass is 19.1. The van der Waals surface area contributed by atoms with E-state index in [9.17, 15) is 19.4 Å². The molecule has 0 heterocycles. The number of nitrogens with two attached hydrogens (primary N) is 1. The molecule has 1 amide bonds. The first-order valence-electron chi connectivity index (χ1n) is 5.80. The minimum Gasteiger partial charge on any atom is -0.504 e. The van der Waals surface area contributed by atoms with Crippen LogP contribution in [0.5, 0.6) is 11.5 Å². The van der Waals surface area contributed by atoms with E-state index < -0.39 is 17.8 Å². The van der Waals surface area contributed by atoms with E-state index in [0.29, 0.717) is 11.3 Å². The molecule has 0 bridgehead atoms. The number of benzene rings is 2. The number of anilines is 1. The fourth-order valence-corrected chi connectivity index (χ4v) is 1.75. The van der Waals surface area contributed by atoms with Gasteiger partial charge in [-0.25, -0.2) is 4.39 Å². The van der Waals surface area contributed by atoms with Crippen molar-refractivity contribution in [2.24, 2.45) is 5.73 Å². The van der Waals surface area contributed by atoms with Gasteiger partial charge in [-0.1, -0.05) is 6.07 Å². The Labute approximate surface area is 114 Å². The fourth-order valence-electron chi connectivity index (χ4n) is 1.75. The molecule has 0 aromatic heterocycles. The first kappa shape index (κ1) is 13.7. The zero-order valence-electron chi connectivity index (χ0n) is 10.4. The van der Waals surface area contributed by atoms with Crippen molar-refractivity contribution in [1.82, 2.24) is 0 Å². The highest BCUT2D eigenvalue weighted by Crippen LogP contribution is 2.29. The molecule has 0 aliphatic heterocycles. The Morgan fingerprint density at radius 3 is 2.30 bits per heavy atom. The molecular weight excluding hydrogens is 263 g/mol. The lowest BCUT2D eigenvalue weighted by molar-refractivity contribution is -0.118. The third-order valence-electron chi connectivity index (χ3n) is 2.77. The van der Waals surface area contributed by atoms with Gasteiger partial charge >= 0.3 is 0 Å². The van der Waals surface area contributed by atoms with E-state index >= 15 is 0 Å². The zero-order valence-corrected chi connectivity index (χ0v) is 10.4. The van der Waals surface area contributed by atoms with E-state index in [2.05, 4.69) is 5.32 Å². The normalized spacial score (nSPS) is 11.8. The SMILES string of the molecule is NC(=O)C(Nc1ccc(F)cc1)c1ccc(O)c(O)c1. The lowest BCUT2D eigenvalue weighted by Crippen LogP contribution is -2.27. The number of hydrogen-bond donors (Lipinski definition) is 4. The molecule has 20 heavy (non-hydrogen) atoms. The van der Waals surface area contributed by atoms with Crippen LogP contribution >= 0.6 is 0 Å². The number of phenols is 2. The molecule has 0 fully saturated rings. The van der Waals surface area contributed by atoms with E-state index in [1.165, 1.54) is 42.5 Å². The summed E-state index contributed by atoms with van der Waals surface area (Å²) in [5.41, 5.74) is 6.20. The predicted octanol–water partition coefficient (Wildman–Crippen LogP) is 1.88. The minimum atomic E-state index is -0.910. The average molecular weight is 276 g/mol. The Kier molecular flexibility index (Phi) is 3.74. The van der Waals surface area contributed by atoms with Gasteiger partial charge in [0.15, 0.2) is 11.5 Å². The summed E-state index contributed by atoms with van der Waals surface area (Å²) in [5, 5.41) is 21.5. The van der Waals surface area contributed by atoms with Crippen LogP contribution in [0.25, 0.3) is 0 Å². The largest absolute Gasteiger partial charge is 0.504 e. The highest BCUT2D eigenvalue weighted by Gasteiger charge is 2.19. The first-order chi connectivity index (χ1) is 9.47. The van der Waals surface area contributed by atoms with Gasteiger partial charge in [-0.2, -0.15) is 0 Å². The Bertz CT molecular complexity index is 629. The van der Waals surface area contributed by atoms with Gasteiger partial charge in [-0.05, 0) is 42.0 Å². The second-order valence-corrected chi connectivity index (χ2v) is 4.23. The Hall–Kier alpha value is -2.76. The average Bonchev–Trinajstić information content (AvgIpc) is 2.41. The predicted molar refractivity (Wildman–Crippen MR) is 71.7 cm³/mol. The molecule has 0 saturated heterocycles. The molecule has 0 radical (unpaired) electrons. The van der Waals surface area contributed by atoms with Crippen LogP contribution in [0.2, 0.25) is 0 Å². The number of carbonyl (C=O) groups excluding carboxylic acids is 1. The van der Waals surface area contributed by atoms with E-state index in [1.807, 2.05) is 0 Å². The van der Waals surface area contributed by atoms with Crippen LogP contribution in [0.15, 0.2) is 42.5 Å². The first-order valence-corrected chi connectivity index (χ1v) is 5.80. The number of halogens is 1. The number of phenolic OH excluding ortho intramolecular Hbond substituents is 2. The fraction of sp³-hybridized carbons (Fsp3) is 0.0714. The van der Waals surface area contributed by atoms with E-state index in [1.54, 1.807) is 0 Å². The number of aromatic hydroxyl groups is 2. The van der Waals surface area contributed by atoms with Crippen LogP contribution in [0.3, 0.4) is 0 Å². The Morgan fingerprint density at radius 2 is 1.75 bits per heavy atom. The van der Waals surface area contributed by atoms with Crippen molar-refractivity contribution >= 4 is 11.6 Å². The smallest absolute Gasteiger partial charge is 0.244 e. The molecule has 2 rings (SSSR count). The number of hydrogen-bond acceptors (Lipinski definition) is 4. The topological polar surface area (TPSA) is 95.6 Å². The van der Waals surface area contributed by atoms with Crippen molar-refractivity contribution in [3.63, 3.8) is 0 Å². The maximum atomic E-state index is 12.8. The van der Waals surface area contributed by atoms with Gasteiger partial charge in [0, 0.05) is 5.69 Å². The van der Waals surface area contributed by atoms with E-state index in [4.69, 9.17) is 5.73 Å². The van der Waals surface area contributed by atoms with E-state index in [0.717, 1.165) is 0 Å². The summed E-state index contributed by atoms with van der Waals surface area (Å²) in [7, 11) is 0. The monoisotopic (exact) mass is 276 g/mol. The van der Waals surface area contributed by atoms with Crippen LogP contribution < -0.4 is 11.1 Å². The molecule has 0 saturated carbocycles. The van der Waals surface area contributed by atoms with Crippen LogP contribution in [0, 0.1) is 5.82 Å². The Balaban J connectivity index is 2.29. The van der Waals surface area contributed by atoms with Crippen LogP contribution in [0.1, 0.15) is 11.6 Å². The summed E-state index contributed by atoms with van der Waals surface area (Å²) in [6, 6.07) is 8.46. The molecule has 0 aliphatic rings. The molecule has 1 unspecified atom stereocenters. The molecule has 0 spiro atoms. The van der Waals surface area contributed by atoms with Crippen molar-refractivity contribution in [3.8, 4) is 11.5 Å². The second-order valence-electron chi connectivity index (χ2n) is 4.23. The van der Waals surface area contributed by atoms with Crippen molar-refractivity contribution in [2.45, 2.75) is 6.04 Å². The van der Waals surface area contributed by atoms with Gasteiger partial charge in [0.25, 0.3) is 0 Å². The molecule has 2 aromatic carbocycles. The van der Waals surface area contributed by atoms with Crippen molar-refractivity contribution < 1.29 is 19.4 Å². The summed E-state index contributed by atoms with van der Waals surface area (Å²) < 4.78 is 12.8. The highest BCUT2D eigenvalue weighted by molar-refractivity contribution is 5.84. The summed E-state index contributed by atoms with van der Waals surface area (Å²) in [6.45, 7) is 0. The molecule has 0 aliphatic carbocycles. The van der Waals surface area contributed by atoms with Crippen molar-refractivity contribution in [1.29, 1.82) is 0 Å². The molecule has 5 nitrogen and oxygen atoms in total. The molecule has 2 aromatic rings. The second kappa shape index (κ2) is 5.48. The summed E-state index contributed by atoms with van der Waals surface area (Å²) >= 11 is 0. The number of amides is 1. The van der Waals surface area contributed by atoms with Crippen molar-refractivity contribution in [2.75, 3.05) is 5.32 Å². The van der Waals surface area contributed by atoms with Crippen LogP contribution in [-0.2, 0) is 4.79 Å². The summed E-state index contributed by atoms with van der Waals surface area (Å²) in [4.78, 5) is 11.5. The number of primary amides is 1. The minimum absolute atomic E-state index is 0.293. The zero-order chi connectivity index (χ0) is 14.7. The van der Waals surface area contributed by atoms with Gasteiger partial charge in [0.05, 0.1) is 0 Å². The number of carbonyl (C=O) groups is 1. The molecule has 5 N–H and O–H groups in total. The summed E-state index contributed by atoms with van der Waals surface area (Å²) in [5.74, 6) is -1.71. The lowest BCUT2D eigenvalue weighted by atomic mass is 10.1. The number of nitrogens with one attached hydrogen (secondary N) is 1. The Morgan fingerprint density at radius 1 is 1.10 bits per heavy atom. The van der Waals surface area contributed by atoms with Gasteiger partial charge < -0.3 is 21.3 Å². The quantitative estimate of drug-likeness (QED) is 0.641. The van der Waals surface area contributed by atoms with Crippen molar-refractivity contribution in [3.05, 3.63) is 53.8 Å². The summed E-state index contributed by atoms with van der Waals surface area (Å²) in [6.07, 6.45) is 0. The van der Waals surface area contributed by atoms with Gasteiger partial charge in [0.2, 0.25) is 5.91 Å². The molecule has 6 heteroatoms. The maximum Gasteiger partial charge on any atom is 0.244 e.